The largest absolute Gasteiger partial charge is 0.391 e. The van der Waals surface area contributed by atoms with Gasteiger partial charge in [-0.05, 0) is 19.8 Å². The first-order chi connectivity index (χ1) is 9.04. The molecule has 19 heavy (non-hydrogen) atoms. The molecular weight excluding hydrogens is 268 g/mol. The number of anilines is 1. The molecule has 2 unspecified atom stereocenters. The van der Waals surface area contributed by atoms with Crippen molar-refractivity contribution in [2.75, 3.05) is 11.4 Å². The number of nitrogens with zero attached hydrogens (tertiary/aromatic N) is 3. The highest BCUT2D eigenvalue weighted by Crippen LogP contribution is 2.30. The lowest BCUT2D eigenvalue weighted by atomic mass is 9.92. The molecule has 0 radical (unpaired) electrons. The van der Waals surface area contributed by atoms with Crippen molar-refractivity contribution < 1.29 is 9.90 Å². The van der Waals surface area contributed by atoms with E-state index in [1.54, 1.807) is 0 Å². The second-order valence-corrected chi connectivity index (χ2v) is 5.16. The highest BCUT2D eigenvalue weighted by molar-refractivity contribution is 6.30. The average Bonchev–Trinajstić information content (AvgIpc) is 2.38. The van der Waals surface area contributed by atoms with Gasteiger partial charge in [-0.2, -0.15) is 0 Å². The number of halogens is 1. The van der Waals surface area contributed by atoms with Crippen LogP contribution in [0.25, 0.3) is 0 Å². The second-order valence-electron chi connectivity index (χ2n) is 4.80. The lowest BCUT2D eigenvalue weighted by Gasteiger charge is -2.38. The van der Waals surface area contributed by atoms with E-state index in [2.05, 4.69) is 9.97 Å². The number of amides is 1. The predicted molar refractivity (Wildman–Crippen MR) is 71.7 cm³/mol. The minimum atomic E-state index is -0.303. The summed E-state index contributed by atoms with van der Waals surface area (Å²) in [7, 11) is 0. The molecule has 0 aromatic carbocycles. The number of nitrogens with two attached hydrogens (primary N) is 1. The Morgan fingerprint density at radius 3 is 2.95 bits per heavy atom. The molecule has 1 aliphatic rings. The van der Waals surface area contributed by atoms with Crippen LogP contribution >= 0.6 is 11.6 Å². The Hall–Kier alpha value is -1.40. The molecule has 1 fully saturated rings. The van der Waals surface area contributed by atoms with Crippen LogP contribution in [0.1, 0.15) is 25.3 Å². The molecule has 104 valence electrons. The van der Waals surface area contributed by atoms with Gasteiger partial charge in [-0.15, -0.1) is 0 Å². The maximum absolute atomic E-state index is 11.3. The predicted octanol–water partition coefficient (Wildman–Crippen LogP) is 0.712. The van der Waals surface area contributed by atoms with E-state index in [4.69, 9.17) is 17.3 Å². The standard InChI is InChI=1S/C12H17ClN4O2/c1-7-2-3-8(11(14)19)4-17(7)12-9(5-18)10(13)15-6-16-12/h6-8,18H,2-5H2,1H3,(H2,14,19). The fourth-order valence-corrected chi connectivity index (χ4v) is 2.59. The van der Waals surface area contributed by atoms with Gasteiger partial charge >= 0.3 is 0 Å². The van der Waals surface area contributed by atoms with E-state index in [1.807, 2.05) is 11.8 Å². The molecule has 1 aliphatic heterocycles. The van der Waals surface area contributed by atoms with E-state index in [0.717, 1.165) is 12.8 Å². The quantitative estimate of drug-likeness (QED) is 0.798. The number of aliphatic hydroxyl groups is 1. The van der Waals surface area contributed by atoms with Gasteiger partial charge in [0.2, 0.25) is 5.91 Å². The summed E-state index contributed by atoms with van der Waals surface area (Å²) >= 11 is 5.97. The Morgan fingerprint density at radius 1 is 1.58 bits per heavy atom. The van der Waals surface area contributed by atoms with Gasteiger partial charge in [0.25, 0.3) is 0 Å². The van der Waals surface area contributed by atoms with Crippen LogP contribution in [0.4, 0.5) is 5.82 Å². The van der Waals surface area contributed by atoms with Crippen LogP contribution in [0, 0.1) is 5.92 Å². The van der Waals surface area contributed by atoms with Gasteiger partial charge in [-0.25, -0.2) is 9.97 Å². The third-order valence-electron chi connectivity index (χ3n) is 3.58. The average molecular weight is 285 g/mol. The van der Waals surface area contributed by atoms with Crippen molar-refractivity contribution >= 4 is 23.3 Å². The molecule has 7 heteroatoms. The molecular formula is C12H17ClN4O2. The van der Waals surface area contributed by atoms with Crippen LogP contribution < -0.4 is 10.6 Å². The zero-order valence-corrected chi connectivity index (χ0v) is 11.5. The minimum Gasteiger partial charge on any atom is -0.391 e. The first kappa shape index (κ1) is 14.0. The molecule has 0 aliphatic carbocycles. The number of rotatable bonds is 3. The normalized spacial score (nSPS) is 23.4. The van der Waals surface area contributed by atoms with Crippen LogP contribution in [-0.4, -0.2) is 33.6 Å². The van der Waals surface area contributed by atoms with Gasteiger partial charge < -0.3 is 15.7 Å². The Balaban J connectivity index is 2.33. The number of aliphatic hydroxyl groups excluding tert-OH is 1. The van der Waals surface area contributed by atoms with E-state index >= 15 is 0 Å². The molecule has 0 saturated carbocycles. The Morgan fingerprint density at radius 2 is 2.32 bits per heavy atom. The molecule has 1 saturated heterocycles. The Kier molecular flexibility index (Phi) is 4.21. The highest BCUT2D eigenvalue weighted by Gasteiger charge is 2.31. The number of carbonyl (C=O) groups excluding carboxylic acids is 1. The van der Waals surface area contributed by atoms with Gasteiger partial charge in [0.1, 0.15) is 17.3 Å². The van der Waals surface area contributed by atoms with Crippen LogP contribution in [0.15, 0.2) is 6.33 Å². The van der Waals surface area contributed by atoms with E-state index in [0.29, 0.717) is 17.9 Å². The molecule has 1 aromatic heterocycles. The SMILES string of the molecule is CC1CCC(C(N)=O)CN1c1ncnc(Cl)c1CO. The van der Waals surface area contributed by atoms with Crippen molar-refractivity contribution in [2.45, 2.75) is 32.4 Å². The summed E-state index contributed by atoms with van der Waals surface area (Å²) in [6, 6.07) is 0.215. The first-order valence-corrected chi connectivity index (χ1v) is 6.58. The summed E-state index contributed by atoms with van der Waals surface area (Å²) < 4.78 is 0. The van der Waals surface area contributed by atoms with Crippen molar-refractivity contribution in [3.63, 3.8) is 0 Å². The van der Waals surface area contributed by atoms with Crippen molar-refractivity contribution in [3.8, 4) is 0 Å². The number of aromatic nitrogens is 2. The summed E-state index contributed by atoms with van der Waals surface area (Å²) in [6.07, 6.45) is 2.98. The molecule has 2 heterocycles. The molecule has 0 spiro atoms. The number of hydrogen-bond donors (Lipinski definition) is 2. The molecule has 0 bridgehead atoms. The van der Waals surface area contributed by atoms with Crippen molar-refractivity contribution in [1.29, 1.82) is 0 Å². The number of carbonyl (C=O) groups is 1. The fraction of sp³-hybridized carbons (Fsp3) is 0.583. The summed E-state index contributed by atoms with van der Waals surface area (Å²) in [6.45, 7) is 2.31. The number of primary amides is 1. The third kappa shape index (κ3) is 2.79. The van der Waals surface area contributed by atoms with E-state index in [-0.39, 0.29) is 29.6 Å². The second kappa shape index (κ2) is 5.71. The van der Waals surface area contributed by atoms with Crippen LogP contribution in [0.3, 0.4) is 0 Å². The maximum atomic E-state index is 11.3. The van der Waals surface area contributed by atoms with Crippen LogP contribution in [-0.2, 0) is 11.4 Å². The van der Waals surface area contributed by atoms with E-state index in [9.17, 15) is 9.90 Å². The molecule has 2 rings (SSSR count). The zero-order chi connectivity index (χ0) is 14.0. The molecule has 1 aromatic rings. The fourth-order valence-electron chi connectivity index (χ4n) is 2.40. The monoisotopic (exact) mass is 284 g/mol. The van der Waals surface area contributed by atoms with Gasteiger partial charge in [0, 0.05) is 12.6 Å². The van der Waals surface area contributed by atoms with Gasteiger partial charge in [-0.3, -0.25) is 4.79 Å². The smallest absolute Gasteiger partial charge is 0.222 e. The topological polar surface area (TPSA) is 92.3 Å². The van der Waals surface area contributed by atoms with E-state index < -0.39 is 0 Å². The molecule has 2 atom stereocenters. The Bertz CT molecular complexity index is 483. The molecule has 6 nitrogen and oxygen atoms in total. The van der Waals surface area contributed by atoms with Crippen LogP contribution in [0.2, 0.25) is 5.15 Å². The molecule has 1 amide bonds. The lowest BCUT2D eigenvalue weighted by molar-refractivity contribution is -0.122. The highest BCUT2D eigenvalue weighted by atomic mass is 35.5. The summed E-state index contributed by atoms with van der Waals surface area (Å²) in [4.78, 5) is 21.4. The van der Waals surface area contributed by atoms with E-state index in [1.165, 1.54) is 6.33 Å². The Labute approximate surface area is 116 Å². The first-order valence-electron chi connectivity index (χ1n) is 6.20. The van der Waals surface area contributed by atoms with Gasteiger partial charge in [0.15, 0.2) is 0 Å². The van der Waals surface area contributed by atoms with Gasteiger partial charge in [-0.1, -0.05) is 11.6 Å². The summed E-state index contributed by atoms with van der Waals surface area (Å²) in [5.74, 6) is 0.0834. The number of hydrogen-bond acceptors (Lipinski definition) is 5. The van der Waals surface area contributed by atoms with Gasteiger partial charge in [0.05, 0.1) is 18.1 Å². The molecule has 3 N–H and O–H groups in total. The minimum absolute atomic E-state index is 0.198. The van der Waals surface area contributed by atoms with Crippen molar-refractivity contribution in [2.24, 2.45) is 11.7 Å². The zero-order valence-electron chi connectivity index (χ0n) is 10.7. The lowest BCUT2D eigenvalue weighted by Crippen LogP contribution is -2.46. The summed E-state index contributed by atoms with van der Waals surface area (Å²) in [5, 5.41) is 9.65. The van der Waals surface area contributed by atoms with Crippen LogP contribution in [0.5, 0.6) is 0 Å². The third-order valence-corrected chi connectivity index (χ3v) is 3.91. The maximum Gasteiger partial charge on any atom is 0.222 e. The number of piperidine rings is 1. The summed E-state index contributed by atoms with van der Waals surface area (Å²) in [5.41, 5.74) is 5.87. The van der Waals surface area contributed by atoms with Crippen molar-refractivity contribution in [1.82, 2.24) is 9.97 Å². The van der Waals surface area contributed by atoms with Crippen molar-refractivity contribution in [3.05, 3.63) is 17.0 Å².